The molecule has 1 N–H and O–H groups in total. The second kappa shape index (κ2) is 7.58. The smallest absolute Gasteiger partial charge is 0.0594 e. The highest BCUT2D eigenvalue weighted by molar-refractivity contribution is 5.11. The number of ether oxygens (including phenoxy) is 1. The van der Waals surface area contributed by atoms with Gasteiger partial charge in [0.05, 0.1) is 24.6 Å². The Morgan fingerprint density at radius 1 is 1.26 bits per heavy atom. The molecule has 0 bridgehead atoms. The third-order valence-electron chi connectivity index (χ3n) is 3.21. The van der Waals surface area contributed by atoms with Gasteiger partial charge < -0.3 is 10.1 Å². The van der Waals surface area contributed by atoms with E-state index in [0.29, 0.717) is 5.92 Å². The van der Waals surface area contributed by atoms with Crippen LogP contribution in [0.4, 0.5) is 0 Å². The minimum absolute atomic E-state index is 0.677. The molecule has 0 amide bonds. The van der Waals surface area contributed by atoms with Crippen molar-refractivity contribution in [2.24, 2.45) is 5.92 Å². The molecule has 0 radical (unpaired) electrons. The Labute approximate surface area is 116 Å². The van der Waals surface area contributed by atoms with Crippen LogP contribution >= 0.6 is 0 Å². The van der Waals surface area contributed by atoms with E-state index in [1.54, 1.807) is 0 Å². The first-order valence-corrected chi connectivity index (χ1v) is 7.19. The molecule has 1 aliphatic rings. The minimum atomic E-state index is 0.677. The summed E-state index contributed by atoms with van der Waals surface area (Å²) < 4.78 is 5.36. The standard InChI is InChI=1S/C15H25N3O/c1-13(2)10-16-11-14-4-3-5-15(17-14)12-18-6-8-19-9-7-18/h3-5,13,16H,6-12H2,1-2H3. The molecule has 1 fully saturated rings. The van der Waals surface area contributed by atoms with Crippen molar-refractivity contribution >= 4 is 0 Å². The van der Waals surface area contributed by atoms with Crippen LogP contribution < -0.4 is 5.32 Å². The highest BCUT2D eigenvalue weighted by atomic mass is 16.5. The van der Waals surface area contributed by atoms with Crippen LogP contribution in [0.1, 0.15) is 25.2 Å². The maximum atomic E-state index is 5.36. The maximum Gasteiger partial charge on any atom is 0.0594 e. The van der Waals surface area contributed by atoms with Crippen LogP contribution in [0.25, 0.3) is 0 Å². The van der Waals surface area contributed by atoms with Gasteiger partial charge in [-0.25, -0.2) is 0 Å². The summed E-state index contributed by atoms with van der Waals surface area (Å²) in [5.41, 5.74) is 2.29. The summed E-state index contributed by atoms with van der Waals surface area (Å²) in [6, 6.07) is 6.31. The zero-order valence-corrected chi connectivity index (χ0v) is 12.1. The Balaban J connectivity index is 1.83. The van der Waals surface area contributed by atoms with E-state index >= 15 is 0 Å². The normalized spacial score (nSPS) is 17.0. The number of hydrogen-bond donors (Lipinski definition) is 1. The largest absolute Gasteiger partial charge is 0.379 e. The van der Waals surface area contributed by atoms with Crippen molar-refractivity contribution in [1.29, 1.82) is 0 Å². The lowest BCUT2D eigenvalue weighted by molar-refractivity contribution is 0.0336. The van der Waals surface area contributed by atoms with E-state index in [4.69, 9.17) is 9.72 Å². The zero-order chi connectivity index (χ0) is 13.5. The average molecular weight is 263 g/mol. The molecule has 0 aliphatic carbocycles. The van der Waals surface area contributed by atoms with Crippen LogP contribution in [-0.4, -0.2) is 42.7 Å². The fourth-order valence-corrected chi connectivity index (χ4v) is 2.19. The molecule has 1 aliphatic heterocycles. The van der Waals surface area contributed by atoms with Crippen molar-refractivity contribution < 1.29 is 4.74 Å². The molecule has 2 rings (SSSR count). The van der Waals surface area contributed by atoms with E-state index in [-0.39, 0.29) is 0 Å². The van der Waals surface area contributed by atoms with E-state index in [9.17, 15) is 0 Å². The lowest BCUT2D eigenvalue weighted by Crippen LogP contribution is -2.35. The predicted octanol–water partition coefficient (Wildman–Crippen LogP) is 1.66. The molecule has 19 heavy (non-hydrogen) atoms. The van der Waals surface area contributed by atoms with E-state index in [1.807, 2.05) is 0 Å². The topological polar surface area (TPSA) is 37.4 Å². The van der Waals surface area contributed by atoms with Crippen molar-refractivity contribution in [2.45, 2.75) is 26.9 Å². The molecule has 1 aromatic heterocycles. The van der Waals surface area contributed by atoms with Gasteiger partial charge in [0.1, 0.15) is 0 Å². The molecule has 0 saturated carbocycles. The zero-order valence-electron chi connectivity index (χ0n) is 12.1. The van der Waals surface area contributed by atoms with Crippen LogP contribution in [0, 0.1) is 5.92 Å². The molecule has 106 valence electrons. The first-order valence-electron chi connectivity index (χ1n) is 7.19. The third kappa shape index (κ3) is 5.27. The minimum Gasteiger partial charge on any atom is -0.379 e. The van der Waals surface area contributed by atoms with Crippen LogP contribution in [0.2, 0.25) is 0 Å². The second-order valence-corrected chi connectivity index (χ2v) is 5.53. The van der Waals surface area contributed by atoms with Gasteiger partial charge in [0.15, 0.2) is 0 Å². The molecule has 4 nitrogen and oxygen atoms in total. The van der Waals surface area contributed by atoms with Gasteiger partial charge in [0, 0.05) is 26.2 Å². The number of morpholine rings is 1. The number of hydrogen-bond acceptors (Lipinski definition) is 4. The van der Waals surface area contributed by atoms with Gasteiger partial charge in [-0.1, -0.05) is 19.9 Å². The van der Waals surface area contributed by atoms with E-state index in [2.05, 4.69) is 42.3 Å². The van der Waals surface area contributed by atoms with E-state index < -0.39 is 0 Å². The summed E-state index contributed by atoms with van der Waals surface area (Å²) in [5.74, 6) is 0.677. The van der Waals surface area contributed by atoms with Gasteiger partial charge in [0.25, 0.3) is 0 Å². The SMILES string of the molecule is CC(C)CNCc1cccc(CN2CCOCC2)n1. The summed E-state index contributed by atoms with van der Waals surface area (Å²) in [6.07, 6.45) is 0. The summed E-state index contributed by atoms with van der Waals surface area (Å²) >= 11 is 0. The summed E-state index contributed by atoms with van der Waals surface area (Å²) in [7, 11) is 0. The molecular weight excluding hydrogens is 238 g/mol. The number of pyridine rings is 1. The molecule has 0 spiro atoms. The van der Waals surface area contributed by atoms with E-state index in [0.717, 1.165) is 57.3 Å². The molecule has 1 saturated heterocycles. The van der Waals surface area contributed by atoms with Crippen molar-refractivity contribution in [3.63, 3.8) is 0 Å². The molecule has 0 aromatic carbocycles. The monoisotopic (exact) mass is 263 g/mol. The van der Waals surface area contributed by atoms with Gasteiger partial charge >= 0.3 is 0 Å². The predicted molar refractivity (Wildman–Crippen MR) is 76.9 cm³/mol. The first kappa shape index (κ1) is 14.4. The Bertz CT molecular complexity index is 375. The quantitative estimate of drug-likeness (QED) is 0.847. The van der Waals surface area contributed by atoms with Crippen LogP contribution in [0.3, 0.4) is 0 Å². The lowest BCUT2D eigenvalue weighted by atomic mass is 10.2. The fraction of sp³-hybridized carbons (Fsp3) is 0.667. The Morgan fingerprint density at radius 2 is 2.00 bits per heavy atom. The van der Waals surface area contributed by atoms with Crippen LogP contribution in [0.5, 0.6) is 0 Å². The number of rotatable bonds is 6. The first-order chi connectivity index (χ1) is 9.24. The van der Waals surface area contributed by atoms with Crippen molar-refractivity contribution in [3.8, 4) is 0 Å². The fourth-order valence-electron chi connectivity index (χ4n) is 2.19. The Hall–Kier alpha value is -0.970. The summed E-state index contributed by atoms with van der Waals surface area (Å²) in [4.78, 5) is 7.12. The van der Waals surface area contributed by atoms with Crippen LogP contribution in [0.15, 0.2) is 18.2 Å². The van der Waals surface area contributed by atoms with Crippen molar-refractivity contribution in [3.05, 3.63) is 29.6 Å². The summed E-state index contributed by atoms with van der Waals surface area (Å²) in [5, 5.41) is 3.44. The molecule has 4 heteroatoms. The van der Waals surface area contributed by atoms with Gasteiger partial charge in [-0.2, -0.15) is 0 Å². The molecule has 2 heterocycles. The second-order valence-electron chi connectivity index (χ2n) is 5.53. The van der Waals surface area contributed by atoms with Gasteiger partial charge in [-0.3, -0.25) is 9.88 Å². The molecule has 0 atom stereocenters. The average Bonchev–Trinajstić information content (AvgIpc) is 2.40. The molecule has 0 unspecified atom stereocenters. The van der Waals surface area contributed by atoms with E-state index in [1.165, 1.54) is 0 Å². The lowest BCUT2D eigenvalue weighted by Gasteiger charge is -2.26. The Kier molecular flexibility index (Phi) is 5.76. The number of aromatic nitrogens is 1. The number of nitrogens with one attached hydrogen (secondary N) is 1. The van der Waals surface area contributed by atoms with Gasteiger partial charge in [-0.15, -0.1) is 0 Å². The van der Waals surface area contributed by atoms with Crippen molar-refractivity contribution in [2.75, 3.05) is 32.8 Å². The van der Waals surface area contributed by atoms with Gasteiger partial charge in [-0.05, 0) is 24.6 Å². The Morgan fingerprint density at radius 3 is 2.74 bits per heavy atom. The third-order valence-corrected chi connectivity index (χ3v) is 3.21. The summed E-state index contributed by atoms with van der Waals surface area (Å²) in [6.45, 7) is 11.0. The van der Waals surface area contributed by atoms with Crippen LogP contribution in [-0.2, 0) is 17.8 Å². The van der Waals surface area contributed by atoms with Gasteiger partial charge in [0.2, 0.25) is 0 Å². The highest BCUT2D eigenvalue weighted by Gasteiger charge is 2.11. The molecular formula is C15H25N3O. The number of nitrogens with zero attached hydrogens (tertiary/aromatic N) is 2. The maximum absolute atomic E-state index is 5.36. The van der Waals surface area contributed by atoms with Crippen molar-refractivity contribution in [1.82, 2.24) is 15.2 Å². The highest BCUT2D eigenvalue weighted by Crippen LogP contribution is 2.06. The molecule has 1 aromatic rings.